The Kier molecular flexibility index (Phi) is 2.68. The lowest BCUT2D eigenvalue weighted by atomic mass is 10.1. The molecule has 2 rings (SSSR count). The van der Waals surface area contributed by atoms with Crippen molar-refractivity contribution in [3.05, 3.63) is 64.7 Å². The average Bonchev–Trinajstić information content (AvgIpc) is 2.29. The van der Waals surface area contributed by atoms with Crippen molar-refractivity contribution in [3.8, 4) is 0 Å². The van der Waals surface area contributed by atoms with Gasteiger partial charge in [-0.05, 0) is 27.9 Å². The maximum atomic E-state index is 8.12. The number of hydrogen-bond donors (Lipinski definition) is 0. The molecule has 0 atom stereocenters. The molecule has 2 aromatic rings. The molecule has 72 valence electrons. The van der Waals surface area contributed by atoms with E-state index in [1.165, 1.54) is 17.0 Å². The molecule has 0 aliphatic heterocycles. The first kappa shape index (κ1) is 9.31. The van der Waals surface area contributed by atoms with E-state index in [0.29, 0.717) is 0 Å². The standard InChI is InChI=1S/C12H9N3/c13-15-14-8-7-10-5-6-11-3-1-2-4-12(11)9-10/h1-9H. The number of hydrogen-bond acceptors (Lipinski definition) is 1. The van der Waals surface area contributed by atoms with Gasteiger partial charge in [-0.2, -0.15) is 0 Å². The van der Waals surface area contributed by atoms with E-state index >= 15 is 0 Å². The molecule has 0 heterocycles. The van der Waals surface area contributed by atoms with Crippen LogP contribution >= 0.6 is 0 Å². The zero-order chi connectivity index (χ0) is 10.5. The normalized spacial score (nSPS) is 10.4. The van der Waals surface area contributed by atoms with Crippen LogP contribution in [0.1, 0.15) is 5.56 Å². The molecule has 0 amide bonds. The number of benzene rings is 2. The van der Waals surface area contributed by atoms with Crippen LogP contribution in [0.4, 0.5) is 0 Å². The third-order valence-electron chi connectivity index (χ3n) is 2.16. The second-order valence-electron chi connectivity index (χ2n) is 3.13. The zero-order valence-electron chi connectivity index (χ0n) is 8.04. The molecule has 0 radical (unpaired) electrons. The molecule has 3 heteroatoms. The van der Waals surface area contributed by atoms with E-state index in [9.17, 15) is 0 Å². The van der Waals surface area contributed by atoms with Gasteiger partial charge in [0.2, 0.25) is 0 Å². The van der Waals surface area contributed by atoms with Gasteiger partial charge in [-0.1, -0.05) is 47.6 Å². The van der Waals surface area contributed by atoms with E-state index < -0.39 is 0 Å². The maximum absolute atomic E-state index is 8.12. The molecule has 0 saturated carbocycles. The largest absolute Gasteiger partial charge is 0.0686 e. The van der Waals surface area contributed by atoms with Crippen LogP contribution in [0.2, 0.25) is 0 Å². The molecule has 0 aromatic heterocycles. The van der Waals surface area contributed by atoms with Crippen LogP contribution in [0.5, 0.6) is 0 Å². The Morgan fingerprint density at radius 1 is 1.07 bits per heavy atom. The molecule has 0 aliphatic carbocycles. The first-order valence-corrected chi connectivity index (χ1v) is 4.60. The molecule has 0 fully saturated rings. The molecule has 0 bridgehead atoms. The highest BCUT2D eigenvalue weighted by molar-refractivity contribution is 5.84. The van der Waals surface area contributed by atoms with Crippen LogP contribution in [-0.4, -0.2) is 0 Å². The maximum Gasteiger partial charge on any atom is 0.00475 e. The lowest BCUT2D eigenvalue weighted by Crippen LogP contribution is -1.74. The fourth-order valence-corrected chi connectivity index (χ4v) is 1.46. The fraction of sp³-hybridized carbons (Fsp3) is 0. The van der Waals surface area contributed by atoms with Crippen molar-refractivity contribution in [1.82, 2.24) is 0 Å². The molecule has 0 saturated heterocycles. The van der Waals surface area contributed by atoms with Gasteiger partial charge in [-0.25, -0.2) is 0 Å². The Balaban J connectivity index is 2.42. The minimum absolute atomic E-state index is 1.03. The summed E-state index contributed by atoms with van der Waals surface area (Å²) in [6.45, 7) is 0. The smallest absolute Gasteiger partial charge is 0.00475 e. The van der Waals surface area contributed by atoms with Crippen LogP contribution < -0.4 is 0 Å². The summed E-state index contributed by atoms with van der Waals surface area (Å²) in [5.74, 6) is 0. The topological polar surface area (TPSA) is 48.8 Å². The number of nitrogens with zero attached hydrogens (tertiary/aromatic N) is 3. The summed E-state index contributed by atoms with van der Waals surface area (Å²) in [5, 5.41) is 5.74. The van der Waals surface area contributed by atoms with Crippen molar-refractivity contribution >= 4 is 16.8 Å². The monoisotopic (exact) mass is 195 g/mol. The second kappa shape index (κ2) is 4.31. The summed E-state index contributed by atoms with van der Waals surface area (Å²) < 4.78 is 0. The highest BCUT2D eigenvalue weighted by Gasteiger charge is 1.91. The Morgan fingerprint density at radius 2 is 1.87 bits per heavy atom. The lowest BCUT2D eigenvalue weighted by molar-refractivity contribution is 1.52. The van der Waals surface area contributed by atoms with E-state index in [1.807, 2.05) is 24.3 Å². The summed E-state index contributed by atoms with van der Waals surface area (Å²) in [7, 11) is 0. The minimum Gasteiger partial charge on any atom is -0.0686 e. The number of fused-ring (bicyclic) bond motifs is 1. The average molecular weight is 195 g/mol. The third-order valence-corrected chi connectivity index (χ3v) is 2.16. The van der Waals surface area contributed by atoms with Gasteiger partial charge in [-0.15, -0.1) is 0 Å². The first-order chi connectivity index (χ1) is 7.40. The highest BCUT2D eigenvalue weighted by Crippen LogP contribution is 2.16. The third kappa shape index (κ3) is 2.16. The SMILES string of the molecule is [N-]=[N+]=NC=Cc1ccc2ccccc2c1. The molecule has 0 spiro atoms. The van der Waals surface area contributed by atoms with Crippen LogP contribution in [0.15, 0.2) is 53.8 Å². The molecule has 0 N–H and O–H groups in total. The molecule has 3 nitrogen and oxygen atoms in total. The summed E-state index contributed by atoms with van der Waals surface area (Å²) in [4.78, 5) is 2.65. The summed E-state index contributed by atoms with van der Waals surface area (Å²) in [6, 6.07) is 14.2. The zero-order valence-corrected chi connectivity index (χ0v) is 8.04. The lowest BCUT2D eigenvalue weighted by Gasteiger charge is -1.98. The van der Waals surface area contributed by atoms with Gasteiger partial charge in [0, 0.05) is 11.1 Å². The van der Waals surface area contributed by atoms with Gasteiger partial charge in [0.05, 0.1) is 0 Å². The van der Waals surface area contributed by atoms with Crippen molar-refractivity contribution < 1.29 is 0 Å². The van der Waals surface area contributed by atoms with Gasteiger partial charge in [0.25, 0.3) is 0 Å². The summed E-state index contributed by atoms with van der Waals surface area (Å²) in [6.07, 6.45) is 3.23. The van der Waals surface area contributed by atoms with E-state index in [1.54, 1.807) is 6.08 Å². The van der Waals surface area contributed by atoms with Gasteiger partial charge in [-0.3, -0.25) is 0 Å². The van der Waals surface area contributed by atoms with E-state index in [4.69, 9.17) is 5.53 Å². The van der Waals surface area contributed by atoms with Gasteiger partial charge in [0.1, 0.15) is 0 Å². The van der Waals surface area contributed by atoms with Crippen LogP contribution in [0, 0.1) is 0 Å². The van der Waals surface area contributed by atoms with Crippen LogP contribution in [-0.2, 0) is 0 Å². The molecule has 15 heavy (non-hydrogen) atoms. The minimum atomic E-state index is 1.03. The van der Waals surface area contributed by atoms with Crippen molar-refractivity contribution in [3.63, 3.8) is 0 Å². The molecular weight excluding hydrogens is 186 g/mol. The highest BCUT2D eigenvalue weighted by atomic mass is 15.1. The molecular formula is C12H9N3. The Hall–Kier alpha value is -2.25. The Bertz CT molecular complexity index is 552. The number of rotatable bonds is 2. The predicted molar refractivity (Wildman–Crippen MR) is 62.1 cm³/mol. The molecule has 2 aromatic carbocycles. The van der Waals surface area contributed by atoms with Crippen LogP contribution in [0.3, 0.4) is 0 Å². The van der Waals surface area contributed by atoms with Gasteiger partial charge < -0.3 is 0 Å². The van der Waals surface area contributed by atoms with Crippen molar-refractivity contribution in [1.29, 1.82) is 0 Å². The summed E-state index contributed by atoms with van der Waals surface area (Å²) in [5.41, 5.74) is 9.15. The van der Waals surface area contributed by atoms with E-state index in [-0.39, 0.29) is 0 Å². The predicted octanol–water partition coefficient (Wildman–Crippen LogP) is 4.12. The Labute approximate surface area is 87.3 Å². The van der Waals surface area contributed by atoms with Crippen molar-refractivity contribution in [2.45, 2.75) is 0 Å². The Morgan fingerprint density at radius 3 is 2.67 bits per heavy atom. The quantitative estimate of drug-likeness (QED) is 0.393. The van der Waals surface area contributed by atoms with Gasteiger partial charge in [0.15, 0.2) is 0 Å². The van der Waals surface area contributed by atoms with Crippen molar-refractivity contribution in [2.75, 3.05) is 0 Å². The van der Waals surface area contributed by atoms with E-state index in [0.717, 1.165) is 5.56 Å². The first-order valence-electron chi connectivity index (χ1n) is 4.60. The van der Waals surface area contributed by atoms with E-state index in [2.05, 4.69) is 28.2 Å². The second-order valence-corrected chi connectivity index (χ2v) is 3.13. The molecule has 0 unspecified atom stereocenters. The summed E-state index contributed by atoms with van der Waals surface area (Å²) >= 11 is 0. The molecule has 0 aliphatic rings. The van der Waals surface area contributed by atoms with Gasteiger partial charge >= 0.3 is 0 Å². The number of azide groups is 1. The van der Waals surface area contributed by atoms with Crippen molar-refractivity contribution in [2.24, 2.45) is 5.11 Å². The fourth-order valence-electron chi connectivity index (χ4n) is 1.46. The van der Waals surface area contributed by atoms with Crippen LogP contribution in [0.25, 0.3) is 27.3 Å².